The molecule has 0 amide bonds. The number of rotatable bonds is 2. The second-order valence-electron chi connectivity index (χ2n) is 3.64. The van der Waals surface area contributed by atoms with E-state index in [0.29, 0.717) is 6.54 Å². The molecular formula is C11H12N2O2S. The molecule has 0 saturated carbocycles. The summed E-state index contributed by atoms with van der Waals surface area (Å²) >= 11 is 1.56. The van der Waals surface area contributed by atoms with E-state index in [1.807, 2.05) is 12.3 Å². The second kappa shape index (κ2) is 4.09. The lowest BCUT2D eigenvalue weighted by Gasteiger charge is -2.07. The molecule has 2 aromatic heterocycles. The van der Waals surface area contributed by atoms with Crippen molar-refractivity contribution in [3.63, 3.8) is 0 Å². The van der Waals surface area contributed by atoms with Crippen LogP contribution in [-0.2, 0) is 6.54 Å². The molecule has 2 aromatic rings. The number of hydrogen-bond acceptors (Lipinski definition) is 4. The van der Waals surface area contributed by atoms with Crippen LogP contribution >= 0.6 is 11.3 Å². The SMILES string of the molecule is Cc1nc(Cn2c(C)cc(O)cc2=O)cs1. The van der Waals surface area contributed by atoms with Gasteiger partial charge in [-0.3, -0.25) is 4.79 Å². The molecule has 0 aromatic carbocycles. The molecular weight excluding hydrogens is 224 g/mol. The van der Waals surface area contributed by atoms with Crippen molar-refractivity contribution in [3.05, 3.63) is 44.3 Å². The Kier molecular flexibility index (Phi) is 2.78. The molecule has 0 radical (unpaired) electrons. The minimum Gasteiger partial charge on any atom is -0.508 e. The summed E-state index contributed by atoms with van der Waals surface area (Å²) in [4.78, 5) is 16.0. The fourth-order valence-corrected chi connectivity index (χ4v) is 2.16. The largest absolute Gasteiger partial charge is 0.508 e. The van der Waals surface area contributed by atoms with Crippen LogP contribution in [0.5, 0.6) is 5.75 Å². The highest BCUT2D eigenvalue weighted by Gasteiger charge is 2.05. The average Bonchev–Trinajstić information content (AvgIpc) is 2.58. The van der Waals surface area contributed by atoms with Crippen LogP contribution in [0.15, 0.2) is 22.3 Å². The third kappa shape index (κ3) is 2.14. The molecule has 4 nitrogen and oxygen atoms in total. The molecule has 0 aliphatic carbocycles. The second-order valence-corrected chi connectivity index (χ2v) is 4.70. The van der Waals surface area contributed by atoms with E-state index in [0.717, 1.165) is 16.4 Å². The Morgan fingerprint density at radius 1 is 1.44 bits per heavy atom. The van der Waals surface area contributed by atoms with Gasteiger partial charge in [-0.05, 0) is 19.9 Å². The van der Waals surface area contributed by atoms with E-state index < -0.39 is 0 Å². The quantitative estimate of drug-likeness (QED) is 0.863. The van der Waals surface area contributed by atoms with E-state index in [-0.39, 0.29) is 11.3 Å². The van der Waals surface area contributed by atoms with E-state index in [2.05, 4.69) is 4.98 Å². The molecule has 0 unspecified atom stereocenters. The van der Waals surface area contributed by atoms with Crippen molar-refractivity contribution < 1.29 is 5.11 Å². The van der Waals surface area contributed by atoms with Gasteiger partial charge in [0.2, 0.25) is 0 Å². The first kappa shape index (κ1) is 10.9. The first-order chi connectivity index (χ1) is 7.56. The van der Waals surface area contributed by atoms with Gasteiger partial charge >= 0.3 is 0 Å². The van der Waals surface area contributed by atoms with Crippen molar-refractivity contribution >= 4 is 11.3 Å². The van der Waals surface area contributed by atoms with E-state index >= 15 is 0 Å². The Morgan fingerprint density at radius 2 is 2.19 bits per heavy atom. The van der Waals surface area contributed by atoms with Crippen LogP contribution in [0.1, 0.15) is 16.4 Å². The molecule has 0 saturated heterocycles. The molecule has 16 heavy (non-hydrogen) atoms. The van der Waals surface area contributed by atoms with Crippen LogP contribution in [0.4, 0.5) is 0 Å². The first-order valence-electron chi connectivity index (χ1n) is 4.88. The van der Waals surface area contributed by atoms with Crippen molar-refractivity contribution in [1.82, 2.24) is 9.55 Å². The predicted molar refractivity (Wildman–Crippen MR) is 63.1 cm³/mol. The van der Waals surface area contributed by atoms with Gasteiger partial charge in [-0.1, -0.05) is 0 Å². The lowest BCUT2D eigenvalue weighted by atomic mass is 10.3. The highest BCUT2D eigenvalue weighted by molar-refractivity contribution is 7.09. The first-order valence-corrected chi connectivity index (χ1v) is 5.75. The van der Waals surface area contributed by atoms with Gasteiger partial charge < -0.3 is 9.67 Å². The highest BCUT2D eigenvalue weighted by Crippen LogP contribution is 2.11. The molecule has 2 rings (SSSR count). The Morgan fingerprint density at radius 3 is 2.75 bits per heavy atom. The molecule has 0 spiro atoms. The summed E-state index contributed by atoms with van der Waals surface area (Å²) in [6.07, 6.45) is 0. The summed E-state index contributed by atoms with van der Waals surface area (Å²) in [5.74, 6) is 0.00760. The summed E-state index contributed by atoms with van der Waals surface area (Å²) in [6, 6.07) is 2.78. The van der Waals surface area contributed by atoms with Crippen LogP contribution in [0, 0.1) is 13.8 Å². The zero-order chi connectivity index (χ0) is 11.7. The minimum atomic E-state index is -0.205. The van der Waals surface area contributed by atoms with Gasteiger partial charge in [-0.25, -0.2) is 4.98 Å². The standard InChI is InChI=1S/C11H12N2O2S/c1-7-3-10(14)4-11(15)13(7)5-9-6-16-8(2)12-9/h3-4,6,14H,5H2,1-2H3. The fourth-order valence-electron chi connectivity index (χ4n) is 1.56. The minimum absolute atomic E-state index is 0.00760. The molecule has 1 N–H and O–H groups in total. The maximum Gasteiger partial charge on any atom is 0.254 e. The van der Waals surface area contributed by atoms with Crippen LogP contribution in [0.25, 0.3) is 0 Å². The van der Waals surface area contributed by atoms with E-state index in [9.17, 15) is 9.90 Å². The van der Waals surface area contributed by atoms with Crippen molar-refractivity contribution in [2.24, 2.45) is 0 Å². The van der Waals surface area contributed by atoms with Crippen LogP contribution in [0.3, 0.4) is 0 Å². The highest BCUT2D eigenvalue weighted by atomic mass is 32.1. The van der Waals surface area contributed by atoms with Gasteiger partial charge in [0.05, 0.1) is 17.2 Å². The number of aromatic hydroxyl groups is 1. The van der Waals surface area contributed by atoms with Crippen LogP contribution in [-0.4, -0.2) is 14.7 Å². The van der Waals surface area contributed by atoms with E-state index in [1.165, 1.54) is 6.07 Å². The lowest BCUT2D eigenvalue weighted by Crippen LogP contribution is -2.21. The zero-order valence-electron chi connectivity index (χ0n) is 9.10. The van der Waals surface area contributed by atoms with Crippen LogP contribution in [0.2, 0.25) is 0 Å². The molecule has 0 fully saturated rings. The van der Waals surface area contributed by atoms with Gasteiger partial charge in [0, 0.05) is 17.1 Å². The lowest BCUT2D eigenvalue weighted by molar-refractivity contribution is 0.470. The van der Waals surface area contributed by atoms with E-state index in [4.69, 9.17) is 0 Å². The van der Waals surface area contributed by atoms with Crippen molar-refractivity contribution in [3.8, 4) is 5.75 Å². The molecule has 2 heterocycles. The van der Waals surface area contributed by atoms with Gasteiger partial charge in [0.25, 0.3) is 5.56 Å². The monoisotopic (exact) mass is 236 g/mol. The number of pyridine rings is 1. The topological polar surface area (TPSA) is 55.1 Å². The molecule has 0 aliphatic heterocycles. The fraction of sp³-hybridized carbons (Fsp3) is 0.273. The van der Waals surface area contributed by atoms with Gasteiger partial charge in [0.1, 0.15) is 5.75 Å². The van der Waals surface area contributed by atoms with Gasteiger partial charge in [-0.2, -0.15) is 0 Å². The molecule has 0 bridgehead atoms. The van der Waals surface area contributed by atoms with E-state index in [1.54, 1.807) is 28.9 Å². The summed E-state index contributed by atoms with van der Waals surface area (Å²) < 4.78 is 1.59. The van der Waals surface area contributed by atoms with Crippen LogP contribution < -0.4 is 5.56 Å². The number of aromatic nitrogens is 2. The Labute approximate surface area is 96.8 Å². The number of thiazole rings is 1. The number of hydrogen-bond donors (Lipinski definition) is 1. The average molecular weight is 236 g/mol. The zero-order valence-corrected chi connectivity index (χ0v) is 9.91. The third-order valence-corrected chi connectivity index (χ3v) is 3.13. The molecule has 0 aliphatic rings. The van der Waals surface area contributed by atoms with Gasteiger partial charge in [0.15, 0.2) is 0 Å². The maximum atomic E-state index is 11.7. The molecule has 84 valence electrons. The van der Waals surface area contributed by atoms with Gasteiger partial charge in [-0.15, -0.1) is 11.3 Å². The van der Waals surface area contributed by atoms with Crippen molar-refractivity contribution in [2.75, 3.05) is 0 Å². The summed E-state index contributed by atoms with van der Waals surface area (Å²) in [6.45, 7) is 4.18. The van der Waals surface area contributed by atoms with Crippen molar-refractivity contribution in [2.45, 2.75) is 20.4 Å². The Hall–Kier alpha value is -1.62. The van der Waals surface area contributed by atoms with Crippen molar-refractivity contribution in [1.29, 1.82) is 0 Å². The summed E-state index contributed by atoms with van der Waals surface area (Å²) in [5.41, 5.74) is 1.40. The normalized spacial score (nSPS) is 10.6. The smallest absolute Gasteiger partial charge is 0.254 e. The Balaban J connectivity index is 2.38. The number of nitrogens with zero attached hydrogens (tertiary/aromatic N) is 2. The maximum absolute atomic E-state index is 11.7. The Bertz CT molecular complexity index is 572. The molecule has 5 heteroatoms. The number of aryl methyl sites for hydroxylation is 2. The summed E-state index contributed by atoms with van der Waals surface area (Å²) in [7, 11) is 0. The summed E-state index contributed by atoms with van der Waals surface area (Å²) in [5, 5.41) is 12.2. The molecule has 0 atom stereocenters. The third-order valence-electron chi connectivity index (χ3n) is 2.31. The predicted octanol–water partition coefficient (Wildman–Crippen LogP) is 1.68.